The van der Waals surface area contributed by atoms with Crippen LogP contribution >= 0.6 is 0 Å². The molecule has 0 aromatic heterocycles. The average molecular weight is 337 g/mol. The standard InChI is InChI=1S/C16H16FNO4S/c1-3-22-15-10-12(17)7-8-14(15)18-16(19)11-5-4-6-13(9-11)23(2,20)21/h4-10H,3H2,1-2H3,(H,18,19). The molecule has 23 heavy (non-hydrogen) atoms. The van der Waals surface area contributed by atoms with Crippen molar-refractivity contribution in [1.82, 2.24) is 0 Å². The van der Waals surface area contributed by atoms with Gasteiger partial charge in [-0.05, 0) is 37.3 Å². The molecule has 0 unspecified atom stereocenters. The van der Waals surface area contributed by atoms with Crippen molar-refractivity contribution in [1.29, 1.82) is 0 Å². The van der Waals surface area contributed by atoms with Gasteiger partial charge in [-0.1, -0.05) is 6.07 Å². The second-order valence-electron chi connectivity index (χ2n) is 4.83. The molecule has 2 aromatic rings. The van der Waals surface area contributed by atoms with Crippen LogP contribution in [0.4, 0.5) is 10.1 Å². The van der Waals surface area contributed by atoms with E-state index in [9.17, 15) is 17.6 Å². The van der Waals surface area contributed by atoms with Gasteiger partial charge in [0.2, 0.25) is 0 Å². The molecule has 0 bridgehead atoms. The van der Waals surface area contributed by atoms with Crippen molar-refractivity contribution >= 4 is 21.4 Å². The molecule has 7 heteroatoms. The highest BCUT2D eigenvalue weighted by molar-refractivity contribution is 7.90. The van der Waals surface area contributed by atoms with E-state index < -0.39 is 21.6 Å². The molecule has 0 saturated carbocycles. The molecule has 0 aliphatic heterocycles. The molecule has 5 nitrogen and oxygen atoms in total. The van der Waals surface area contributed by atoms with Gasteiger partial charge in [-0.25, -0.2) is 12.8 Å². The molecule has 0 fully saturated rings. The van der Waals surface area contributed by atoms with E-state index in [1.54, 1.807) is 6.92 Å². The maximum Gasteiger partial charge on any atom is 0.255 e. The molecule has 2 rings (SSSR count). The summed E-state index contributed by atoms with van der Waals surface area (Å²) in [5.41, 5.74) is 0.489. The normalized spacial score (nSPS) is 11.1. The SMILES string of the molecule is CCOc1cc(F)ccc1NC(=O)c1cccc(S(C)(=O)=O)c1. The number of ether oxygens (including phenoxy) is 1. The predicted octanol–water partition coefficient (Wildman–Crippen LogP) is 2.88. The molecule has 0 aliphatic rings. The van der Waals surface area contributed by atoms with Crippen molar-refractivity contribution in [3.05, 3.63) is 53.8 Å². The Balaban J connectivity index is 2.30. The summed E-state index contributed by atoms with van der Waals surface area (Å²) in [6.45, 7) is 2.06. The van der Waals surface area contributed by atoms with Crippen molar-refractivity contribution < 1.29 is 22.3 Å². The van der Waals surface area contributed by atoms with E-state index in [0.29, 0.717) is 12.3 Å². The molecule has 1 N–H and O–H groups in total. The number of hydrogen-bond acceptors (Lipinski definition) is 4. The second kappa shape index (κ2) is 6.78. The Hall–Kier alpha value is -2.41. The first-order valence-electron chi connectivity index (χ1n) is 6.85. The summed E-state index contributed by atoms with van der Waals surface area (Å²) in [5, 5.41) is 2.59. The third kappa shape index (κ3) is 4.29. The number of benzene rings is 2. The summed E-state index contributed by atoms with van der Waals surface area (Å²) < 4.78 is 41.6. The summed E-state index contributed by atoms with van der Waals surface area (Å²) in [6.07, 6.45) is 1.07. The third-order valence-electron chi connectivity index (χ3n) is 3.02. The highest BCUT2D eigenvalue weighted by Crippen LogP contribution is 2.26. The minimum absolute atomic E-state index is 0.0503. The monoisotopic (exact) mass is 337 g/mol. The van der Waals surface area contributed by atoms with E-state index >= 15 is 0 Å². The molecule has 0 radical (unpaired) electrons. The van der Waals surface area contributed by atoms with Crippen LogP contribution < -0.4 is 10.1 Å². The van der Waals surface area contributed by atoms with Gasteiger partial charge < -0.3 is 10.1 Å². The molecule has 1 amide bonds. The second-order valence-corrected chi connectivity index (χ2v) is 6.84. The smallest absolute Gasteiger partial charge is 0.255 e. The topological polar surface area (TPSA) is 72.5 Å². The first-order chi connectivity index (χ1) is 10.8. The summed E-state index contributed by atoms with van der Waals surface area (Å²) in [4.78, 5) is 12.3. The number of anilines is 1. The zero-order valence-corrected chi connectivity index (χ0v) is 13.5. The number of hydrogen-bond donors (Lipinski definition) is 1. The van der Waals surface area contributed by atoms with Gasteiger partial charge in [-0.15, -0.1) is 0 Å². The number of carbonyl (C=O) groups is 1. The van der Waals surface area contributed by atoms with E-state index in [1.165, 1.54) is 42.5 Å². The van der Waals surface area contributed by atoms with E-state index in [4.69, 9.17) is 4.74 Å². The summed E-state index contributed by atoms with van der Waals surface area (Å²) in [7, 11) is -3.41. The Morgan fingerprint density at radius 3 is 2.61 bits per heavy atom. The molecule has 0 spiro atoms. The first kappa shape index (κ1) is 17.0. The minimum Gasteiger partial charge on any atom is -0.492 e. The fourth-order valence-corrected chi connectivity index (χ4v) is 2.60. The van der Waals surface area contributed by atoms with Crippen molar-refractivity contribution in [2.24, 2.45) is 0 Å². The van der Waals surface area contributed by atoms with Crippen LogP contribution in [0, 0.1) is 5.82 Å². The van der Waals surface area contributed by atoms with Crippen LogP contribution in [0.3, 0.4) is 0 Å². The summed E-state index contributed by atoms with van der Waals surface area (Å²) in [5.74, 6) is -0.784. The predicted molar refractivity (Wildman–Crippen MR) is 85.1 cm³/mol. The van der Waals surface area contributed by atoms with E-state index in [1.807, 2.05) is 0 Å². The highest BCUT2D eigenvalue weighted by atomic mass is 32.2. The quantitative estimate of drug-likeness (QED) is 0.910. The van der Waals surface area contributed by atoms with E-state index in [-0.39, 0.29) is 16.2 Å². The maximum atomic E-state index is 13.3. The summed E-state index contributed by atoms with van der Waals surface area (Å²) in [6, 6.07) is 9.44. The Morgan fingerprint density at radius 2 is 1.96 bits per heavy atom. The van der Waals surface area contributed by atoms with Crippen molar-refractivity contribution in [2.45, 2.75) is 11.8 Å². The maximum absolute atomic E-state index is 13.3. The lowest BCUT2D eigenvalue weighted by Crippen LogP contribution is -2.13. The van der Waals surface area contributed by atoms with Gasteiger partial charge in [0.1, 0.15) is 11.6 Å². The molecular weight excluding hydrogens is 321 g/mol. The van der Waals surface area contributed by atoms with E-state index in [2.05, 4.69) is 5.32 Å². The van der Waals surface area contributed by atoms with Crippen molar-refractivity contribution in [3.8, 4) is 5.75 Å². The fraction of sp³-hybridized carbons (Fsp3) is 0.188. The van der Waals surface area contributed by atoms with Crippen LogP contribution in [-0.4, -0.2) is 27.2 Å². The van der Waals surface area contributed by atoms with Crippen LogP contribution in [0.25, 0.3) is 0 Å². The fourth-order valence-electron chi connectivity index (χ4n) is 1.94. The molecule has 0 atom stereocenters. The Kier molecular flexibility index (Phi) is 5.00. The first-order valence-corrected chi connectivity index (χ1v) is 8.74. The molecule has 0 heterocycles. The molecular formula is C16H16FNO4S. The third-order valence-corrected chi connectivity index (χ3v) is 4.13. The lowest BCUT2D eigenvalue weighted by molar-refractivity contribution is 0.102. The minimum atomic E-state index is -3.41. The largest absolute Gasteiger partial charge is 0.492 e. The lowest BCUT2D eigenvalue weighted by atomic mass is 10.2. The van der Waals surface area contributed by atoms with Gasteiger partial charge in [0, 0.05) is 17.9 Å². The van der Waals surface area contributed by atoms with Crippen molar-refractivity contribution in [3.63, 3.8) is 0 Å². The highest BCUT2D eigenvalue weighted by Gasteiger charge is 2.14. The van der Waals surface area contributed by atoms with Gasteiger partial charge in [-0.3, -0.25) is 4.79 Å². The Bertz CT molecular complexity index is 834. The number of rotatable bonds is 5. The molecule has 0 saturated heterocycles. The van der Waals surface area contributed by atoms with Crippen LogP contribution in [0.15, 0.2) is 47.4 Å². The van der Waals surface area contributed by atoms with Crippen LogP contribution in [-0.2, 0) is 9.84 Å². The van der Waals surface area contributed by atoms with E-state index in [0.717, 1.165) is 6.26 Å². The zero-order valence-electron chi connectivity index (χ0n) is 12.7. The molecule has 122 valence electrons. The van der Waals surface area contributed by atoms with Crippen LogP contribution in [0.5, 0.6) is 5.75 Å². The average Bonchev–Trinajstić information content (AvgIpc) is 2.49. The van der Waals surface area contributed by atoms with Gasteiger partial charge in [0.25, 0.3) is 5.91 Å². The summed E-state index contributed by atoms with van der Waals surface area (Å²) >= 11 is 0. The number of amides is 1. The molecule has 2 aromatic carbocycles. The van der Waals surface area contributed by atoms with Crippen LogP contribution in [0.1, 0.15) is 17.3 Å². The molecule has 0 aliphatic carbocycles. The van der Waals surface area contributed by atoms with Gasteiger partial charge in [0.15, 0.2) is 9.84 Å². The Labute approximate surface area is 134 Å². The van der Waals surface area contributed by atoms with Crippen molar-refractivity contribution in [2.75, 3.05) is 18.2 Å². The van der Waals surface area contributed by atoms with Gasteiger partial charge in [-0.2, -0.15) is 0 Å². The zero-order chi connectivity index (χ0) is 17.0. The number of halogens is 1. The van der Waals surface area contributed by atoms with Gasteiger partial charge >= 0.3 is 0 Å². The number of carbonyl (C=O) groups excluding carboxylic acids is 1. The van der Waals surface area contributed by atoms with Gasteiger partial charge in [0.05, 0.1) is 17.2 Å². The van der Waals surface area contributed by atoms with Crippen LogP contribution in [0.2, 0.25) is 0 Å². The number of nitrogens with one attached hydrogen (secondary N) is 1. The lowest BCUT2D eigenvalue weighted by Gasteiger charge is -2.12. The Morgan fingerprint density at radius 1 is 1.22 bits per heavy atom. The number of sulfone groups is 1.